The van der Waals surface area contributed by atoms with Crippen molar-refractivity contribution in [1.29, 1.82) is 0 Å². The molecule has 0 saturated heterocycles. The summed E-state index contributed by atoms with van der Waals surface area (Å²) < 4.78 is 13.2. The number of hydrogen-bond acceptors (Lipinski definition) is 1. The quantitative estimate of drug-likeness (QED) is 0.595. The van der Waals surface area contributed by atoms with Crippen molar-refractivity contribution < 1.29 is 4.57 Å². The summed E-state index contributed by atoms with van der Waals surface area (Å²) in [5.41, 5.74) is 1.56. The van der Waals surface area contributed by atoms with Crippen LogP contribution in [0.3, 0.4) is 0 Å². The molecule has 0 saturated carbocycles. The highest BCUT2D eigenvalue weighted by atomic mass is 79.9. The molecule has 0 bridgehead atoms. The standard InChI is InChI=1S/C13H20BrOP/c1-10(2)16(15,11(3)4)13-8-6-5-7-12(13)9-14/h5-8,10-11H,9H2,1-4H3. The van der Waals surface area contributed by atoms with Gasteiger partial charge in [0, 0.05) is 22.0 Å². The van der Waals surface area contributed by atoms with Gasteiger partial charge >= 0.3 is 0 Å². The van der Waals surface area contributed by atoms with Crippen molar-refractivity contribution in [2.75, 3.05) is 0 Å². The van der Waals surface area contributed by atoms with E-state index >= 15 is 0 Å². The minimum atomic E-state index is -2.30. The first-order valence-electron chi connectivity index (χ1n) is 5.68. The van der Waals surface area contributed by atoms with Gasteiger partial charge in [-0.2, -0.15) is 0 Å². The maximum absolute atomic E-state index is 13.2. The number of rotatable bonds is 4. The lowest BCUT2D eigenvalue weighted by Gasteiger charge is -2.28. The highest BCUT2D eigenvalue weighted by Gasteiger charge is 2.33. The Labute approximate surface area is 107 Å². The molecule has 1 rings (SSSR count). The summed E-state index contributed by atoms with van der Waals surface area (Å²) in [6.45, 7) is 8.25. The van der Waals surface area contributed by atoms with E-state index in [4.69, 9.17) is 0 Å². The molecule has 0 unspecified atom stereocenters. The van der Waals surface area contributed by atoms with E-state index < -0.39 is 7.14 Å². The second kappa shape index (κ2) is 5.51. The zero-order valence-corrected chi connectivity index (χ0v) is 12.9. The van der Waals surface area contributed by atoms with Crippen molar-refractivity contribution in [2.24, 2.45) is 0 Å². The minimum absolute atomic E-state index is 0.202. The lowest BCUT2D eigenvalue weighted by atomic mass is 10.2. The average molecular weight is 303 g/mol. The van der Waals surface area contributed by atoms with E-state index in [1.54, 1.807) is 0 Å². The molecule has 0 aromatic heterocycles. The molecule has 1 nitrogen and oxygen atoms in total. The summed E-state index contributed by atoms with van der Waals surface area (Å²) in [6.07, 6.45) is 0. The largest absolute Gasteiger partial charge is 0.318 e. The molecule has 1 aromatic rings. The Kier molecular flexibility index (Phi) is 4.82. The van der Waals surface area contributed by atoms with E-state index in [2.05, 4.69) is 49.7 Å². The molecular formula is C13H20BrOP. The molecule has 0 N–H and O–H groups in total. The number of halogens is 1. The molecule has 0 heterocycles. The summed E-state index contributed by atoms with van der Waals surface area (Å²) in [5.74, 6) is 0. The van der Waals surface area contributed by atoms with Crippen molar-refractivity contribution in [1.82, 2.24) is 0 Å². The Balaban J connectivity index is 3.38. The molecule has 90 valence electrons. The Bertz CT molecular complexity index is 387. The maximum atomic E-state index is 13.2. The number of hydrogen-bond donors (Lipinski definition) is 0. The van der Waals surface area contributed by atoms with Gasteiger partial charge in [-0.15, -0.1) is 0 Å². The van der Waals surface area contributed by atoms with Crippen LogP contribution in [0.1, 0.15) is 33.3 Å². The van der Waals surface area contributed by atoms with E-state index in [0.29, 0.717) is 0 Å². The third-order valence-corrected chi connectivity index (χ3v) is 7.91. The van der Waals surface area contributed by atoms with Crippen molar-refractivity contribution in [2.45, 2.75) is 44.3 Å². The summed E-state index contributed by atoms with van der Waals surface area (Å²) in [4.78, 5) is 0. The van der Waals surface area contributed by atoms with Crippen molar-refractivity contribution in [3.05, 3.63) is 29.8 Å². The van der Waals surface area contributed by atoms with Crippen LogP contribution >= 0.6 is 23.1 Å². The normalized spacial score (nSPS) is 12.4. The molecule has 3 heteroatoms. The van der Waals surface area contributed by atoms with Gasteiger partial charge in [-0.05, 0) is 5.56 Å². The molecule has 16 heavy (non-hydrogen) atoms. The predicted molar refractivity (Wildman–Crippen MR) is 76.6 cm³/mol. The fourth-order valence-electron chi connectivity index (χ4n) is 2.12. The monoisotopic (exact) mass is 302 g/mol. The molecule has 0 aliphatic rings. The van der Waals surface area contributed by atoms with Gasteiger partial charge in [0.05, 0.1) is 0 Å². The van der Waals surface area contributed by atoms with Crippen LogP contribution in [0.5, 0.6) is 0 Å². The van der Waals surface area contributed by atoms with E-state index in [1.165, 1.54) is 0 Å². The van der Waals surface area contributed by atoms with Gasteiger partial charge in [0.15, 0.2) is 0 Å². The maximum Gasteiger partial charge on any atom is 0.120 e. The summed E-state index contributed by atoms with van der Waals surface area (Å²) >= 11 is 3.48. The third-order valence-electron chi connectivity index (χ3n) is 3.05. The molecule has 0 spiro atoms. The fourth-order valence-corrected chi connectivity index (χ4v) is 6.05. The van der Waals surface area contributed by atoms with E-state index in [-0.39, 0.29) is 11.3 Å². The molecule has 0 amide bonds. The summed E-state index contributed by atoms with van der Waals surface area (Å²) in [7, 11) is -2.30. The van der Waals surface area contributed by atoms with Crippen LogP contribution in [0.15, 0.2) is 24.3 Å². The molecule has 0 radical (unpaired) electrons. The van der Waals surface area contributed by atoms with Gasteiger partial charge in [0.2, 0.25) is 0 Å². The van der Waals surface area contributed by atoms with Gasteiger partial charge in [-0.3, -0.25) is 0 Å². The highest BCUT2D eigenvalue weighted by Crippen LogP contribution is 2.54. The smallest absolute Gasteiger partial charge is 0.120 e. The van der Waals surface area contributed by atoms with Gasteiger partial charge in [-0.25, -0.2) is 0 Å². The molecule has 1 aromatic carbocycles. The van der Waals surface area contributed by atoms with Crippen LogP contribution < -0.4 is 5.30 Å². The minimum Gasteiger partial charge on any atom is -0.318 e. The van der Waals surface area contributed by atoms with Crippen LogP contribution in [0.25, 0.3) is 0 Å². The van der Waals surface area contributed by atoms with Crippen molar-refractivity contribution >= 4 is 28.4 Å². The predicted octanol–water partition coefficient (Wildman–Crippen LogP) is 4.39. The van der Waals surface area contributed by atoms with Gasteiger partial charge in [0.25, 0.3) is 0 Å². The first-order valence-corrected chi connectivity index (χ1v) is 8.65. The summed E-state index contributed by atoms with van der Waals surface area (Å²) in [5, 5.41) is 1.82. The Morgan fingerprint density at radius 1 is 1.12 bits per heavy atom. The van der Waals surface area contributed by atoms with Crippen molar-refractivity contribution in [3.8, 4) is 0 Å². The van der Waals surface area contributed by atoms with Crippen LogP contribution in [-0.4, -0.2) is 11.3 Å². The van der Waals surface area contributed by atoms with E-state index in [0.717, 1.165) is 16.2 Å². The Morgan fingerprint density at radius 3 is 2.06 bits per heavy atom. The molecule has 0 aliphatic carbocycles. The SMILES string of the molecule is CC(C)P(=O)(c1ccccc1CBr)C(C)C. The average Bonchev–Trinajstić information content (AvgIpc) is 2.27. The van der Waals surface area contributed by atoms with Crippen LogP contribution in [0.2, 0.25) is 0 Å². The van der Waals surface area contributed by atoms with Gasteiger partial charge < -0.3 is 4.57 Å². The first kappa shape index (κ1) is 14.0. The topological polar surface area (TPSA) is 17.1 Å². The summed E-state index contributed by atoms with van der Waals surface area (Å²) in [6, 6.07) is 8.07. The van der Waals surface area contributed by atoms with E-state index in [9.17, 15) is 4.57 Å². The fraction of sp³-hybridized carbons (Fsp3) is 0.538. The lowest BCUT2D eigenvalue weighted by molar-refractivity contribution is 0.569. The Morgan fingerprint density at radius 2 is 1.62 bits per heavy atom. The molecule has 0 fully saturated rings. The molecule has 0 aliphatic heterocycles. The molecular weight excluding hydrogens is 283 g/mol. The van der Waals surface area contributed by atoms with Crippen LogP contribution in [0.4, 0.5) is 0 Å². The van der Waals surface area contributed by atoms with Crippen molar-refractivity contribution in [3.63, 3.8) is 0 Å². The first-order chi connectivity index (χ1) is 7.44. The molecule has 0 atom stereocenters. The number of alkyl halides is 1. The van der Waals surface area contributed by atoms with Gasteiger partial charge in [-0.1, -0.05) is 67.9 Å². The van der Waals surface area contributed by atoms with Crippen LogP contribution in [-0.2, 0) is 9.90 Å². The zero-order chi connectivity index (χ0) is 12.3. The van der Waals surface area contributed by atoms with E-state index in [1.807, 2.05) is 18.2 Å². The number of benzene rings is 1. The van der Waals surface area contributed by atoms with Crippen LogP contribution in [0, 0.1) is 0 Å². The van der Waals surface area contributed by atoms with Gasteiger partial charge in [0.1, 0.15) is 7.14 Å². The third kappa shape index (κ3) is 2.43. The highest BCUT2D eigenvalue weighted by molar-refractivity contribution is 9.08. The second-order valence-corrected chi connectivity index (χ2v) is 9.19. The lowest BCUT2D eigenvalue weighted by Crippen LogP contribution is -2.22. The second-order valence-electron chi connectivity index (χ2n) is 4.66. The Hall–Kier alpha value is -0.0700. The zero-order valence-electron chi connectivity index (χ0n) is 10.4.